The molecule has 1 aromatic rings. The van der Waals surface area contributed by atoms with E-state index in [-0.39, 0.29) is 0 Å². The van der Waals surface area contributed by atoms with Gasteiger partial charge in [-0.05, 0) is 0 Å². The summed E-state index contributed by atoms with van der Waals surface area (Å²) in [7, 11) is -0.997. The van der Waals surface area contributed by atoms with Crippen molar-refractivity contribution in [3.8, 4) is 0 Å². The van der Waals surface area contributed by atoms with Crippen LogP contribution in [0.15, 0.2) is 15.9 Å². The number of hydrogen-bond acceptors (Lipinski definition) is 3. The highest BCUT2D eigenvalue weighted by Crippen LogP contribution is 2.29. The number of rotatable bonds is 2. The summed E-state index contributed by atoms with van der Waals surface area (Å²) in [6.45, 7) is 7.00. The van der Waals surface area contributed by atoms with Gasteiger partial charge in [-0.15, -0.1) is 22.5 Å². The van der Waals surface area contributed by atoms with Gasteiger partial charge in [-0.25, -0.2) is 4.98 Å². The molecule has 0 fully saturated rings. The lowest BCUT2D eigenvalue weighted by atomic mass is 11.0. The molecule has 1 rings (SSSR count). The molecule has 0 aliphatic heterocycles. The van der Waals surface area contributed by atoms with Crippen molar-refractivity contribution in [2.45, 2.75) is 24.0 Å². The SMILES string of the molecule is C[Si](C)(C)Sc1nccs1. The maximum atomic E-state index is 4.22. The Bertz CT molecular complexity index is 190. The Morgan fingerprint density at radius 2 is 2.20 bits per heavy atom. The van der Waals surface area contributed by atoms with Crippen molar-refractivity contribution in [3.05, 3.63) is 11.6 Å². The highest BCUT2D eigenvalue weighted by atomic mass is 32.4. The Hall–Kier alpha value is 0.197. The third-order valence-corrected chi connectivity index (χ3v) is 5.66. The van der Waals surface area contributed by atoms with Gasteiger partial charge in [0, 0.05) is 11.6 Å². The lowest BCUT2D eigenvalue weighted by Gasteiger charge is -2.11. The topological polar surface area (TPSA) is 12.9 Å². The fraction of sp³-hybridized carbons (Fsp3) is 0.500. The fourth-order valence-corrected chi connectivity index (χ4v) is 6.29. The van der Waals surface area contributed by atoms with Crippen LogP contribution in [0.5, 0.6) is 0 Å². The molecule has 0 bridgehead atoms. The minimum Gasteiger partial charge on any atom is -0.239 e. The van der Waals surface area contributed by atoms with Crippen molar-refractivity contribution in [1.82, 2.24) is 4.98 Å². The second-order valence-electron chi connectivity index (χ2n) is 3.01. The summed E-state index contributed by atoms with van der Waals surface area (Å²) in [6.07, 6.45) is 1.87. The van der Waals surface area contributed by atoms with Gasteiger partial charge in [0.05, 0.1) is 0 Å². The predicted molar refractivity (Wildman–Crippen MR) is 51.3 cm³/mol. The van der Waals surface area contributed by atoms with Gasteiger partial charge in [0.1, 0.15) is 11.6 Å². The minimum absolute atomic E-state index is 0.997. The quantitative estimate of drug-likeness (QED) is 0.663. The zero-order valence-electron chi connectivity index (χ0n) is 6.42. The van der Waals surface area contributed by atoms with Crippen LogP contribution in [0.1, 0.15) is 0 Å². The molecule has 0 saturated heterocycles. The third kappa shape index (κ3) is 2.85. The molecule has 0 unspecified atom stereocenters. The molecule has 0 saturated carbocycles. The molecule has 4 heteroatoms. The highest BCUT2D eigenvalue weighted by molar-refractivity contribution is 8.29. The molecule has 0 atom stereocenters. The molecule has 0 radical (unpaired) electrons. The van der Waals surface area contributed by atoms with E-state index in [1.54, 1.807) is 11.3 Å². The van der Waals surface area contributed by atoms with Crippen LogP contribution >= 0.6 is 22.5 Å². The molecule has 0 aliphatic rings. The Kier molecular flexibility index (Phi) is 2.54. The largest absolute Gasteiger partial charge is 0.239 e. The highest BCUT2D eigenvalue weighted by Gasteiger charge is 2.15. The number of thiazole rings is 1. The van der Waals surface area contributed by atoms with Crippen molar-refractivity contribution >= 4 is 29.8 Å². The normalized spacial score (nSPS) is 11.9. The number of nitrogens with zero attached hydrogens (tertiary/aromatic N) is 1. The van der Waals surface area contributed by atoms with Crippen molar-refractivity contribution in [3.63, 3.8) is 0 Å². The zero-order valence-corrected chi connectivity index (χ0v) is 9.05. The summed E-state index contributed by atoms with van der Waals surface area (Å²) >= 11 is 3.69. The van der Waals surface area contributed by atoms with Crippen molar-refractivity contribution < 1.29 is 0 Å². The van der Waals surface area contributed by atoms with E-state index in [0.29, 0.717) is 0 Å². The van der Waals surface area contributed by atoms with Crippen molar-refractivity contribution in [2.24, 2.45) is 0 Å². The molecule has 0 spiro atoms. The second-order valence-corrected chi connectivity index (χ2v) is 13.3. The number of aromatic nitrogens is 1. The van der Waals surface area contributed by atoms with Gasteiger partial charge in [-0.1, -0.05) is 19.6 Å². The average molecular weight is 189 g/mol. The van der Waals surface area contributed by atoms with Crippen molar-refractivity contribution in [1.29, 1.82) is 0 Å². The van der Waals surface area contributed by atoms with E-state index in [0.717, 1.165) is 0 Å². The van der Waals surface area contributed by atoms with Gasteiger partial charge >= 0.3 is 0 Å². The molecule has 0 N–H and O–H groups in total. The summed E-state index contributed by atoms with van der Waals surface area (Å²) in [4.78, 5) is 4.22. The van der Waals surface area contributed by atoms with Gasteiger partial charge in [0.25, 0.3) is 0 Å². The van der Waals surface area contributed by atoms with Gasteiger partial charge < -0.3 is 0 Å². The van der Waals surface area contributed by atoms with Gasteiger partial charge in [-0.2, -0.15) is 0 Å². The van der Waals surface area contributed by atoms with E-state index >= 15 is 0 Å². The van der Waals surface area contributed by atoms with Gasteiger partial charge in [-0.3, -0.25) is 0 Å². The first kappa shape index (κ1) is 8.29. The molecule has 10 heavy (non-hydrogen) atoms. The molecule has 0 amide bonds. The van der Waals surface area contributed by atoms with E-state index in [2.05, 4.69) is 24.6 Å². The first-order valence-corrected chi connectivity index (χ1v) is 9.08. The van der Waals surface area contributed by atoms with Crippen LogP contribution in [0.25, 0.3) is 0 Å². The first-order chi connectivity index (χ1) is 4.58. The summed E-state index contributed by atoms with van der Waals surface area (Å²) < 4.78 is 1.22. The monoisotopic (exact) mass is 189 g/mol. The number of hydrogen-bond donors (Lipinski definition) is 0. The van der Waals surface area contributed by atoms with E-state index in [9.17, 15) is 0 Å². The van der Waals surface area contributed by atoms with E-state index in [4.69, 9.17) is 0 Å². The zero-order chi connectivity index (χ0) is 7.61. The fourth-order valence-electron chi connectivity index (χ4n) is 0.523. The van der Waals surface area contributed by atoms with Gasteiger partial charge in [0.2, 0.25) is 0 Å². The summed E-state index contributed by atoms with van der Waals surface area (Å²) in [5.74, 6) is 0. The molecular weight excluding hydrogens is 178 g/mol. The first-order valence-electron chi connectivity index (χ1n) is 3.16. The predicted octanol–water partition coefficient (Wildman–Crippen LogP) is 3.07. The molecule has 0 aromatic carbocycles. The van der Waals surface area contributed by atoms with E-state index in [1.165, 1.54) is 4.34 Å². The second kappa shape index (κ2) is 3.07. The summed E-state index contributed by atoms with van der Waals surface area (Å²) in [5, 5.41) is 2.03. The Balaban J connectivity index is 2.57. The minimum atomic E-state index is -0.997. The smallest absolute Gasteiger partial charge is 0.143 e. The third-order valence-electron chi connectivity index (χ3n) is 0.803. The molecule has 56 valence electrons. The molecule has 1 aromatic heterocycles. The molecule has 1 nitrogen and oxygen atoms in total. The van der Waals surface area contributed by atoms with Gasteiger partial charge in [0.15, 0.2) is 0 Å². The standard InChI is InChI=1S/C6H11NS2Si/c1-10(2,3)9-6-7-4-5-8-6/h4-5H,1-3H3. The lowest BCUT2D eigenvalue weighted by molar-refractivity contribution is 1.26. The summed E-state index contributed by atoms with van der Waals surface area (Å²) in [6, 6.07) is 0. The van der Waals surface area contributed by atoms with Crippen LogP contribution in [0.3, 0.4) is 0 Å². The molecular formula is C6H11NS2Si. The van der Waals surface area contributed by atoms with Crippen LogP contribution in [0.2, 0.25) is 19.6 Å². The van der Waals surface area contributed by atoms with Crippen molar-refractivity contribution in [2.75, 3.05) is 0 Å². The average Bonchev–Trinajstić information content (AvgIpc) is 2.12. The Morgan fingerprint density at radius 3 is 2.60 bits per heavy atom. The van der Waals surface area contributed by atoms with Crippen LogP contribution in [0.4, 0.5) is 0 Å². The van der Waals surface area contributed by atoms with Crippen LogP contribution < -0.4 is 0 Å². The maximum Gasteiger partial charge on any atom is 0.143 e. The maximum absolute atomic E-state index is 4.22. The Morgan fingerprint density at radius 1 is 1.50 bits per heavy atom. The van der Waals surface area contributed by atoms with E-state index in [1.807, 2.05) is 22.8 Å². The summed E-state index contributed by atoms with van der Waals surface area (Å²) in [5.41, 5.74) is 0. The van der Waals surface area contributed by atoms with Crippen LogP contribution in [-0.4, -0.2) is 12.2 Å². The van der Waals surface area contributed by atoms with Crippen LogP contribution in [-0.2, 0) is 0 Å². The Labute approximate surface area is 70.5 Å². The molecule has 1 heterocycles. The molecule has 0 aliphatic carbocycles. The van der Waals surface area contributed by atoms with E-state index < -0.39 is 7.22 Å². The lowest BCUT2D eigenvalue weighted by Crippen LogP contribution is -2.12. The van der Waals surface area contributed by atoms with Crippen LogP contribution in [0, 0.1) is 0 Å².